The number of rotatable bonds is 7. The van der Waals surface area contributed by atoms with Crippen molar-refractivity contribution < 1.29 is 24.5 Å². The highest BCUT2D eigenvalue weighted by Gasteiger charge is 2.57. The number of fused-ring (bicyclic) bond motifs is 3. The number of ether oxygens (including phenoxy) is 1. The Labute approximate surface area is 205 Å². The summed E-state index contributed by atoms with van der Waals surface area (Å²) in [5, 5.41) is 20.3. The fraction of sp³-hybridized carbons (Fsp3) is 0.379. The molecule has 2 N–H and O–H groups in total. The summed E-state index contributed by atoms with van der Waals surface area (Å²) >= 11 is 0. The SMILES string of the molecule is CC/C(=C\c1ccccc1O)CC[C@H]1OC[C@H]2C1=C(CO)C[C@H]1C(=O)N(c3ccccc3)C(=O)[C@H]12. The largest absolute Gasteiger partial charge is 0.507 e. The Morgan fingerprint density at radius 3 is 2.51 bits per heavy atom. The van der Waals surface area contributed by atoms with Gasteiger partial charge in [-0.05, 0) is 55.0 Å². The van der Waals surface area contributed by atoms with E-state index in [0.29, 0.717) is 18.7 Å². The van der Waals surface area contributed by atoms with Crippen LogP contribution >= 0.6 is 0 Å². The highest BCUT2D eigenvalue weighted by Crippen LogP contribution is 2.50. The number of aromatic hydroxyl groups is 1. The molecule has 2 heterocycles. The van der Waals surface area contributed by atoms with E-state index in [4.69, 9.17) is 4.74 Å². The average Bonchev–Trinajstić information content (AvgIpc) is 3.41. The van der Waals surface area contributed by atoms with Crippen molar-refractivity contribution in [2.45, 2.75) is 38.7 Å². The first-order valence-corrected chi connectivity index (χ1v) is 12.4. The average molecular weight is 474 g/mol. The van der Waals surface area contributed by atoms with Crippen LogP contribution in [-0.4, -0.2) is 41.3 Å². The Morgan fingerprint density at radius 2 is 1.80 bits per heavy atom. The van der Waals surface area contributed by atoms with Gasteiger partial charge in [0.1, 0.15) is 5.75 Å². The van der Waals surface area contributed by atoms with Crippen molar-refractivity contribution in [2.24, 2.45) is 17.8 Å². The van der Waals surface area contributed by atoms with Crippen LogP contribution in [-0.2, 0) is 14.3 Å². The maximum Gasteiger partial charge on any atom is 0.238 e. The lowest BCUT2D eigenvalue weighted by atomic mass is 9.69. The van der Waals surface area contributed by atoms with Gasteiger partial charge in [0.25, 0.3) is 0 Å². The van der Waals surface area contributed by atoms with Crippen LogP contribution in [0.2, 0.25) is 0 Å². The Kier molecular flexibility index (Phi) is 6.58. The zero-order chi connectivity index (χ0) is 24.5. The van der Waals surface area contributed by atoms with Gasteiger partial charge in [-0.1, -0.05) is 55.0 Å². The van der Waals surface area contributed by atoms with E-state index in [-0.39, 0.29) is 36.2 Å². The van der Waals surface area contributed by atoms with Gasteiger partial charge in [0.05, 0.1) is 36.8 Å². The number of para-hydroxylation sites is 2. The van der Waals surface area contributed by atoms with E-state index in [1.807, 2.05) is 36.4 Å². The molecule has 0 saturated carbocycles. The first-order chi connectivity index (χ1) is 17.0. The number of allylic oxidation sites excluding steroid dienone is 1. The summed E-state index contributed by atoms with van der Waals surface area (Å²) in [4.78, 5) is 28.1. The quantitative estimate of drug-likeness (QED) is 0.457. The predicted molar refractivity (Wildman–Crippen MR) is 133 cm³/mol. The molecular formula is C29H31NO5. The molecule has 6 nitrogen and oxygen atoms in total. The Balaban J connectivity index is 1.37. The molecule has 5 rings (SSSR count). The minimum atomic E-state index is -0.451. The van der Waals surface area contributed by atoms with Crippen molar-refractivity contribution >= 4 is 23.6 Å². The van der Waals surface area contributed by atoms with Gasteiger partial charge in [-0.15, -0.1) is 0 Å². The number of hydrogen-bond acceptors (Lipinski definition) is 5. The van der Waals surface area contributed by atoms with Crippen LogP contribution in [0.3, 0.4) is 0 Å². The highest BCUT2D eigenvalue weighted by atomic mass is 16.5. The number of aliphatic hydroxyl groups is 1. The molecule has 2 aromatic carbocycles. The van der Waals surface area contributed by atoms with Gasteiger partial charge in [0.2, 0.25) is 11.8 Å². The van der Waals surface area contributed by atoms with Crippen LogP contribution in [0.4, 0.5) is 5.69 Å². The van der Waals surface area contributed by atoms with Gasteiger partial charge in [-0.2, -0.15) is 0 Å². The van der Waals surface area contributed by atoms with Crippen molar-refractivity contribution in [3.8, 4) is 5.75 Å². The number of imide groups is 1. The lowest BCUT2D eigenvalue weighted by Crippen LogP contribution is -2.35. The molecule has 0 aromatic heterocycles. The number of carbonyl (C=O) groups is 2. The second-order valence-electron chi connectivity index (χ2n) is 9.58. The third kappa shape index (κ3) is 4.21. The fourth-order valence-electron chi connectivity index (χ4n) is 5.95. The van der Waals surface area contributed by atoms with Crippen LogP contribution < -0.4 is 4.90 Å². The number of aliphatic hydroxyl groups excluding tert-OH is 1. The topological polar surface area (TPSA) is 87.1 Å². The van der Waals surface area contributed by atoms with Crippen molar-refractivity contribution in [3.63, 3.8) is 0 Å². The standard InChI is InChI=1S/C29H31NO5/c1-2-18(14-19-8-6-7-11-24(19)32)12-13-25-26-20(16-31)15-22-27(23(26)17-35-25)29(34)30(28(22)33)21-9-4-3-5-10-21/h3-11,14,22-23,25,27,31-32H,2,12-13,15-17H2,1H3/b18-14+/t22-,23+,25-,27-/m1/s1. The molecule has 0 bridgehead atoms. The minimum Gasteiger partial charge on any atom is -0.507 e. The first kappa shape index (κ1) is 23.5. The van der Waals surface area contributed by atoms with Gasteiger partial charge in [0.15, 0.2) is 0 Å². The van der Waals surface area contributed by atoms with Crippen LogP contribution in [0.5, 0.6) is 5.75 Å². The Morgan fingerprint density at radius 1 is 1.06 bits per heavy atom. The molecule has 3 aliphatic rings. The summed E-state index contributed by atoms with van der Waals surface area (Å²) < 4.78 is 6.21. The van der Waals surface area contributed by atoms with Crippen LogP contribution in [0.15, 0.2) is 71.3 Å². The molecule has 4 atom stereocenters. The van der Waals surface area contributed by atoms with E-state index in [1.54, 1.807) is 24.3 Å². The first-order valence-electron chi connectivity index (χ1n) is 12.4. The molecule has 2 aromatic rings. The van der Waals surface area contributed by atoms with Gasteiger partial charge in [-0.3, -0.25) is 14.5 Å². The van der Waals surface area contributed by atoms with Gasteiger partial charge in [-0.25, -0.2) is 0 Å². The van der Waals surface area contributed by atoms with Gasteiger partial charge in [0, 0.05) is 11.5 Å². The lowest BCUT2D eigenvalue weighted by molar-refractivity contribution is -0.122. The van der Waals surface area contributed by atoms with Crippen molar-refractivity contribution in [1.82, 2.24) is 0 Å². The van der Waals surface area contributed by atoms with E-state index < -0.39 is 11.8 Å². The van der Waals surface area contributed by atoms with Crippen LogP contribution in [0, 0.1) is 17.8 Å². The summed E-state index contributed by atoms with van der Waals surface area (Å²) in [6, 6.07) is 16.3. The third-order valence-electron chi connectivity index (χ3n) is 7.69. The normalized spacial score (nSPS) is 26.3. The van der Waals surface area contributed by atoms with Crippen LogP contribution in [0.25, 0.3) is 6.08 Å². The zero-order valence-electron chi connectivity index (χ0n) is 19.9. The Bertz CT molecular complexity index is 1180. The minimum absolute atomic E-state index is 0.129. The maximum atomic E-state index is 13.5. The van der Waals surface area contributed by atoms with E-state index in [9.17, 15) is 19.8 Å². The number of phenols is 1. The smallest absolute Gasteiger partial charge is 0.238 e. The van der Waals surface area contributed by atoms with Crippen molar-refractivity contribution in [2.75, 3.05) is 18.1 Å². The van der Waals surface area contributed by atoms with Gasteiger partial charge >= 0.3 is 0 Å². The molecule has 2 saturated heterocycles. The summed E-state index contributed by atoms with van der Waals surface area (Å²) in [6.45, 7) is 2.35. The number of amides is 2. The molecule has 1 aliphatic carbocycles. The summed E-state index contributed by atoms with van der Waals surface area (Å²) in [5.74, 6) is -1.17. The molecule has 2 amide bonds. The number of anilines is 1. The second kappa shape index (κ2) is 9.80. The number of nitrogens with zero attached hydrogens (tertiary/aromatic N) is 1. The Hall–Kier alpha value is -3.22. The van der Waals surface area contributed by atoms with Gasteiger partial charge < -0.3 is 14.9 Å². The lowest BCUT2D eigenvalue weighted by Gasteiger charge is -2.31. The van der Waals surface area contributed by atoms with Crippen molar-refractivity contribution in [1.29, 1.82) is 0 Å². The summed E-state index contributed by atoms with van der Waals surface area (Å²) in [6.07, 6.45) is 4.59. The van der Waals surface area contributed by atoms with Crippen molar-refractivity contribution in [3.05, 3.63) is 76.9 Å². The fourth-order valence-corrected chi connectivity index (χ4v) is 5.95. The number of phenolic OH excluding ortho intramolecular Hbond substituents is 1. The van der Waals surface area contributed by atoms with E-state index in [0.717, 1.165) is 36.0 Å². The third-order valence-corrected chi connectivity index (χ3v) is 7.69. The molecule has 2 fully saturated rings. The monoisotopic (exact) mass is 473 g/mol. The zero-order valence-corrected chi connectivity index (χ0v) is 19.9. The number of benzene rings is 2. The maximum absolute atomic E-state index is 13.5. The second-order valence-corrected chi connectivity index (χ2v) is 9.58. The molecule has 6 heteroatoms. The molecule has 0 spiro atoms. The molecular weight excluding hydrogens is 442 g/mol. The van der Waals surface area contributed by atoms with E-state index in [1.165, 1.54) is 10.5 Å². The molecule has 2 aliphatic heterocycles. The van der Waals surface area contributed by atoms with E-state index in [2.05, 4.69) is 6.92 Å². The predicted octanol–water partition coefficient (Wildman–Crippen LogP) is 4.48. The summed E-state index contributed by atoms with van der Waals surface area (Å²) in [5.41, 5.74) is 4.45. The number of hydrogen-bond donors (Lipinski definition) is 2. The highest BCUT2D eigenvalue weighted by molar-refractivity contribution is 6.22. The molecule has 0 radical (unpaired) electrons. The molecule has 35 heavy (non-hydrogen) atoms. The van der Waals surface area contributed by atoms with E-state index >= 15 is 0 Å². The molecule has 182 valence electrons. The number of carbonyl (C=O) groups excluding carboxylic acids is 2. The van der Waals surface area contributed by atoms with Crippen LogP contribution in [0.1, 0.15) is 38.2 Å². The summed E-state index contributed by atoms with van der Waals surface area (Å²) in [7, 11) is 0. The molecule has 0 unspecified atom stereocenters.